The van der Waals surface area contributed by atoms with Crippen LogP contribution in [0.3, 0.4) is 0 Å². The standard InChI is InChI=1S/C8H17NO4/c1-3-13-6-7(10)4-9(2)5-8(11)12/h7,10H,3-6H2,1-2H3,(H,11,12). The van der Waals surface area contributed by atoms with Crippen molar-refractivity contribution in [3.05, 3.63) is 0 Å². The largest absolute Gasteiger partial charge is 0.480 e. The Labute approximate surface area is 77.9 Å². The van der Waals surface area contributed by atoms with Crippen molar-refractivity contribution in [1.29, 1.82) is 0 Å². The van der Waals surface area contributed by atoms with E-state index in [4.69, 9.17) is 9.84 Å². The van der Waals surface area contributed by atoms with Gasteiger partial charge in [0.1, 0.15) is 0 Å². The average molecular weight is 191 g/mol. The molecular formula is C8H17NO4. The van der Waals surface area contributed by atoms with Crippen molar-refractivity contribution in [3.8, 4) is 0 Å². The maximum absolute atomic E-state index is 10.3. The maximum Gasteiger partial charge on any atom is 0.317 e. The Bertz CT molecular complexity index is 151. The third-order valence-electron chi connectivity index (χ3n) is 1.44. The molecule has 13 heavy (non-hydrogen) atoms. The molecule has 5 nitrogen and oxygen atoms in total. The average Bonchev–Trinajstić information content (AvgIpc) is 1.98. The molecule has 0 saturated carbocycles. The predicted octanol–water partition coefficient (Wildman–Crippen LogP) is -0.600. The molecule has 0 aliphatic carbocycles. The summed E-state index contributed by atoms with van der Waals surface area (Å²) >= 11 is 0. The van der Waals surface area contributed by atoms with Crippen molar-refractivity contribution in [1.82, 2.24) is 4.90 Å². The molecule has 5 heteroatoms. The number of carboxylic acids is 1. The molecule has 0 amide bonds. The fourth-order valence-electron chi connectivity index (χ4n) is 0.962. The number of carbonyl (C=O) groups is 1. The highest BCUT2D eigenvalue weighted by Crippen LogP contribution is 1.90. The van der Waals surface area contributed by atoms with Crippen molar-refractivity contribution in [2.75, 3.05) is 33.4 Å². The molecule has 0 saturated heterocycles. The topological polar surface area (TPSA) is 70.0 Å². The van der Waals surface area contributed by atoms with E-state index < -0.39 is 12.1 Å². The molecule has 0 heterocycles. The van der Waals surface area contributed by atoms with Crippen LogP contribution in [0.25, 0.3) is 0 Å². The molecule has 0 aliphatic heterocycles. The van der Waals surface area contributed by atoms with Gasteiger partial charge in [0.25, 0.3) is 0 Å². The van der Waals surface area contributed by atoms with E-state index >= 15 is 0 Å². The number of aliphatic hydroxyl groups is 1. The molecule has 0 aliphatic rings. The second-order valence-electron chi connectivity index (χ2n) is 2.90. The van der Waals surface area contributed by atoms with Crippen molar-refractivity contribution in [3.63, 3.8) is 0 Å². The minimum absolute atomic E-state index is 0.0663. The summed E-state index contributed by atoms with van der Waals surface area (Å²) in [4.78, 5) is 11.8. The SMILES string of the molecule is CCOCC(O)CN(C)CC(=O)O. The van der Waals surface area contributed by atoms with Crippen LogP contribution < -0.4 is 0 Å². The van der Waals surface area contributed by atoms with Gasteiger partial charge in [-0.2, -0.15) is 0 Å². The molecule has 0 aromatic rings. The number of ether oxygens (including phenoxy) is 1. The molecule has 78 valence electrons. The maximum atomic E-state index is 10.3. The van der Waals surface area contributed by atoms with Gasteiger partial charge in [-0.1, -0.05) is 0 Å². The number of hydrogen-bond acceptors (Lipinski definition) is 4. The summed E-state index contributed by atoms with van der Waals surface area (Å²) in [5.74, 6) is -0.897. The molecule has 0 rings (SSSR count). The predicted molar refractivity (Wildman–Crippen MR) is 47.6 cm³/mol. The van der Waals surface area contributed by atoms with Gasteiger partial charge in [0, 0.05) is 13.2 Å². The van der Waals surface area contributed by atoms with E-state index in [1.807, 2.05) is 6.92 Å². The van der Waals surface area contributed by atoms with E-state index in [0.717, 1.165) is 0 Å². The van der Waals surface area contributed by atoms with Gasteiger partial charge < -0.3 is 14.9 Å². The van der Waals surface area contributed by atoms with Crippen LogP contribution in [-0.2, 0) is 9.53 Å². The van der Waals surface area contributed by atoms with E-state index in [0.29, 0.717) is 13.2 Å². The monoisotopic (exact) mass is 191 g/mol. The molecular weight excluding hydrogens is 174 g/mol. The zero-order valence-electron chi connectivity index (χ0n) is 8.06. The normalized spacial score (nSPS) is 13.2. The van der Waals surface area contributed by atoms with Crippen LogP contribution in [0.2, 0.25) is 0 Å². The first kappa shape index (κ1) is 12.3. The zero-order valence-corrected chi connectivity index (χ0v) is 8.06. The summed E-state index contributed by atoms with van der Waals surface area (Å²) < 4.78 is 4.98. The van der Waals surface area contributed by atoms with Crippen molar-refractivity contribution in [2.24, 2.45) is 0 Å². The molecule has 2 N–H and O–H groups in total. The van der Waals surface area contributed by atoms with Gasteiger partial charge in [-0.15, -0.1) is 0 Å². The third kappa shape index (κ3) is 7.70. The molecule has 0 bridgehead atoms. The van der Waals surface area contributed by atoms with E-state index in [-0.39, 0.29) is 13.2 Å². The van der Waals surface area contributed by atoms with E-state index in [1.165, 1.54) is 4.90 Å². The Kier molecular flexibility index (Phi) is 6.48. The number of aliphatic hydroxyl groups excluding tert-OH is 1. The number of aliphatic carboxylic acids is 1. The van der Waals surface area contributed by atoms with Crippen molar-refractivity contribution in [2.45, 2.75) is 13.0 Å². The Balaban J connectivity index is 3.52. The van der Waals surface area contributed by atoms with Crippen LogP contribution in [0.4, 0.5) is 0 Å². The summed E-state index contributed by atoms with van der Waals surface area (Å²) in [7, 11) is 1.64. The lowest BCUT2D eigenvalue weighted by Crippen LogP contribution is -2.35. The molecule has 1 unspecified atom stereocenters. The highest BCUT2D eigenvalue weighted by Gasteiger charge is 2.10. The Morgan fingerprint density at radius 3 is 2.69 bits per heavy atom. The van der Waals surface area contributed by atoms with Crippen LogP contribution in [0.5, 0.6) is 0 Å². The Morgan fingerprint density at radius 1 is 1.62 bits per heavy atom. The van der Waals surface area contributed by atoms with Gasteiger partial charge in [-0.05, 0) is 14.0 Å². The lowest BCUT2D eigenvalue weighted by atomic mass is 10.3. The lowest BCUT2D eigenvalue weighted by Gasteiger charge is -2.18. The van der Waals surface area contributed by atoms with Crippen LogP contribution in [0.1, 0.15) is 6.92 Å². The van der Waals surface area contributed by atoms with Crippen LogP contribution in [-0.4, -0.2) is 60.5 Å². The van der Waals surface area contributed by atoms with Crippen molar-refractivity contribution >= 4 is 5.97 Å². The number of nitrogens with zero attached hydrogens (tertiary/aromatic N) is 1. The number of hydrogen-bond donors (Lipinski definition) is 2. The van der Waals surface area contributed by atoms with Crippen LogP contribution >= 0.6 is 0 Å². The van der Waals surface area contributed by atoms with Crippen LogP contribution in [0, 0.1) is 0 Å². The summed E-state index contributed by atoms with van der Waals surface area (Å²) in [5, 5.41) is 17.7. The third-order valence-corrected chi connectivity index (χ3v) is 1.44. The van der Waals surface area contributed by atoms with Gasteiger partial charge in [0.05, 0.1) is 19.3 Å². The highest BCUT2D eigenvalue weighted by atomic mass is 16.5. The van der Waals surface area contributed by atoms with Gasteiger partial charge in [0.2, 0.25) is 0 Å². The first-order valence-corrected chi connectivity index (χ1v) is 4.22. The number of carboxylic acid groups (broad SMARTS) is 1. The first-order valence-electron chi connectivity index (χ1n) is 4.22. The number of likely N-dealkylation sites (N-methyl/N-ethyl adjacent to an activating group) is 1. The minimum atomic E-state index is -0.897. The Hall–Kier alpha value is -0.650. The summed E-state index contributed by atoms with van der Waals surface area (Å²) in [5.41, 5.74) is 0. The minimum Gasteiger partial charge on any atom is -0.480 e. The Morgan fingerprint density at radius 2 is 2.23 bits per heavy atom. The fraction of sp³-hybridized carbons (Fsp3) is 0.875. The second kappa shape index (κ2) is 6.82. The summed E-state index contributed by atoms with van der Waals surface area (Å²) in [6, 6.07) is 0. The summed E-state index contributed by atoms with van der Waals surface area (Å²) in [6.45, 7) is 2.89. The van der Waals surface area contributed by atoms with Crippen molar-refractivity contribution < 1.29 is 19.7 Å². The fourth-order valence-corrected chi connectivity index (χ4v) is 0.962. The lowest BCUT2D eigenvalue weighted by molar-refractivity contribution is -0.138. The van der Waals surface area contributed by atoms with Crippen LogP contribution in [0.15, 0.2) is 0 Å². The molecule has 0 spiro atoms. The molecule has 0 radical (unpaired) electrons. The quantitative estimate of drug-likeness (QED) is 0.562. The molecule has 0 aromatic carbocycles. The molecule has 0 fully saturated rings. The van der Waals surface area contributed by atoms with E-state index in [9.17, 15) is 9.90 Å². The molecule has 0 aromatic heterocycles. The van der Waals surface area contributed by atoms with E-state index in [2.05, 4.69) is 0 Å². The van der Waals surface area contributed by atoms with Gasteiger partial charge in [-0.3, -0.25) is 9.69 Å². The van der Waals surface area contributed by atoms with E-state index in [1.54, 1.807) is 7.05 Å². The highest BCUT2D eigenvalue weighted by molar-refractivity contribution is 5.68. The summed E-state index contributed by atoms with van der Waals surface area (Å²) in [6.07, 6.45) is -0.621. The van der Waals surface area contributed by atoms with Gasteiger partial charge in [-0.25, -0.2) is 0 Å². The number of rotatable bonds is 7. The smallest absolute Gasteiger partial charge is 0.317 e. The first-order chi connectivity index (χ1) is 6.06. The second-order valence-corrected chi connectivity index (χ2v) is 2.90. The van der Waals surface area contributed by atoms with Gasteiger partial charge >= 0.3 is 5.97 Å². The molecule has 1 atom stereocenters. The van der Waals surface area contributed by atoms with Gasteiger partial charge in [0.15, 0.2) is 0 Å². The zero-order chi connectivity index (χ0) is 10.3.